The van der Waals surface area contributed by atoms with Crippen molar-refractivity contribution in [3.05, 3.63) is 35.8 Å². The third-order valence-corrected chi connectivity index (χ3v) is 4.05. The van der Waals surface area contributed by atoms with E-state index in [0.29, 0.717) is 5.56 Å². The third kappa shape index (κ3) is 2.96. The van der Waals surface area contributed by atoms with E-state index in [4.69, 9.17) is 11.5 Å². The van der Waals surface area contributed by atoms with Crippen molar-refractivity contribution in [2.24, 2.45) is 11.5 Å². The minimum Gasteiger partial charge on any atom is -0.384 e. The fourth-order valence-corrected chi connectivity index (χ4v) is 2.77. The zero-order chi connectivity index (χ0) is 15.5. The molecule has 0 saturated heterocycles. The van der Waals surface area contributed by atoms with Gasteiger partial charge in [-0.25, -0.2) is 4.98 Å². The average molecular weight is 299 g/mol. The summed E-state index contributed by atoms with van der Waals surface area (Å²) in [4.78, 5) is 19.1. The van der Waals surface area contributed by atoms with E-state index in [9.17, 15) is 4.79 Å². The number of benzene rings is 1. The van der Waals surface area contributed by atoms with Crippen molar-refractivity contribution in [3.63, 3.8) is 0 Å². The van der Waals surface area contributed by atoms with Gasteiger partial charge in [0.25, 0.3) is 0 Å². The van der Waals surface area contributed by atoms with Gasteiger partial charge in [0.2, 0.25) is 5.91 Å². The maximum absolute atomic E-state index is 11.4. The monoisotopic (exact) mass is 299 g/mol. The maximum Gasteiger partial charge on any atom is 0.248 e. The molecule has 0 spiro atoms. The summed E-state index contributed by atoms with van der Waals surface area (Å²) in [6, 6.07) is 5.35. The van der Waals surface area contributed by atoms with Gasteiger partial charge in [0, 0.05) is 23.4 Å². The number of aromatic nitrogens is 2. The van der Waals surface area contributed by atoms with Gasteiger partial charge in [0.05, 0.1) is 17.9 Å². The molecule has 2 bridgehead atoms. The lowest BCUT2D eigenvalue weighted by Crippen LogP contribution is -2.13. The minimum absolute atomic E-state index is 0.0607. The van der Waals surface area contributed by atoms with Crippen molar-refractivity contribution >= 4 is 11.6 Å². The highest BCUT2D eigenvalue weighted by atomic mass is 16.1. The molecule has 2 heterocycles. The number of fused-ring (bicyclic) bond motifs is 4. The average Bonchev–Trinajstić information content (AvgIpc) is 2.99. The molecule has 6 N–H and O–H groups in total. The van der Waals surface area contributed by atoms with Crippen LogP contribution in [0, 0.1) is 0 Å². The highest BCUT2D eigenvalue weighted by Crippen LogP contribution is 2.29. The van der Waals surface area contributed by atoms with Gasteiger partial charge in [-0.2, -0.15) is 0 Å². The molecule has 1 aromatic heterocycles. The van der Waals surface area contributed by atoms with Gasteiger partial charge < -0.3 is 21.8 Å². The van der Waals surface area contributed by atoms with Gasteiger partial charge >= 0.3 is 0 Å². The quantitative estimate of drug-likeness (QED) is 0.646. The van der Waals surface area contributed by atoms with E-state index < -0.39 is 5.91 Å². The Kier molecular flexibility index (Phi) is 4.11. The largest absolute Gasteiger partial charge is 0.384 e. The van der Waals surface area contributed by atoms with Crippen LogP contribution in [-0.4, -0.2) is 22.4 Å². The Morgan fingerprint density at radius 1 is 1.27 bits per heavy atom. The number of H-pyrrole nitrogens is 1. The van der Waals surface area contributed by atoms with Crippen molar-refractivity contribution in [1.29, 1.82) is 0 Å². The zero-order valence-electron chi connectivity index (χ0n) is 12.4. The Hall–Kier alpha value is -2.34. The van der Waals surface area contributed by atoms with Gasteiger partial charge in [0.15, 0.2) is 0 Å². The van der Waals surface area contributed by atoms with Gasteiger partial charge in [-0.3, -0.25) is 4.79 Å². The molecule has 22 heavy (non-hydrogen) atoms. The summed E-state index contributed by atoms with van der Waals surface area (Å²) in [5, 5.41) is 3.40. The maximum atomic E-state index is 11.4. The minimum atomic E-state index is -0.428. The van der Waals surface area contributed by atoms with Crippen molar-refractivity contribution in [3.8, 4) is 11.3 Å². The Morgan fingerprint density at radius 3 is 2.95 bits per heavy atom. The van der Waals surface area contributed by atoms with Crippen molar-refractivity contribution in [1.82, 2.24) is 9.97 Å². The lowest BCUT2D eigenvalue weighted by Gasteiger charge is -2.14. The van der Waals surface area contributed by atoms with Crippen LogP contribution in [0.4, 0.5) is 5.69 Å². The molecule has 0 unspecified atom stereocenters. The highest BCUT2D eigenvalue weighted by Gasteiger charge is 2.15. The first kappa shape index (κ1) is 14.6. The number of hydrogen-bond donors (Lipinski definition) is 4. The Balaban J connectivity index is 2.03. The smallest absolute Gasteiger partial charge is 0.248 e. The standard InChI is InChI=1S/C16H21N5O/c17-12-4-2-1-3-7-19-13-8-10(15(18)22)5-6-11(13)14-9-20-16(12)21-14/h5-6,8-9,12,19H,1-4,7,17H2,(H2,18,22)(H,20,21)/t12-/m0/s1. The zero-order valence-corrected chi connectivity index (χ0v) is 12.4. The van der Waals surface area contributed by atoms with Gasteiger partial charge in [-0.1, -0.05) is 12.8 Å². The lowest BCUT2D eigenvalue weighted by atomic mass is 10.0. The second-order valence-electron chi connectivity index (χ2n) is 5.69. The first-order valence-electron chi connectivity index (χ1n) is 7.64. The summed E-state index contributed by atoms with van der Waals surface area (Å²) in [5.41, 5.74) is 14.8. The number of carbonyl (C=O) groups is 1. The molecule has 1 aromatic carbocycles. The van der Waals surface area contributed by atoms with Crippen LogP contribution < -0.4 is 16.8 Å². The first-order valence-corrected chi connectivity index (χ1v) is 7.64. The number of nitrogens with one attached hydrogen (secondary N) is 2. The van der Waals surface area contributed by atoms with E-state index in [1.807, 2.05) is 6.07 Å². The number of carbonyl (C=O) groups excluding carboxylic acids is 1. The summed E-state index contributed by atoms with van der Waals surface area (Å²) in [7, 11) is 0. The predicted octanol–water partition coefficient (Wildman–Crippen LogP) is 2.16. The number of anilines is 1. The summed E-state index contributed by atoms with van der Waals surface area (Å²) in [5.74, 6) is 0.378. The molecule has 0 fully saturated rings. The second-order valence-corrected chi connectivity index (χ2v) is 5.69. The van der Waals surface area contributed by atoms with Crippen LogP contribution in [0.25, 0.3) is 11.3 Å². The summed E-state index contributed by atoms with van der Waals surface area (Å²) in [6.45, 7) is 0.853. The number of imidazole rings is 1. The number of rotatable bonds is 1. The van der Waals surface area contributed by atoms with E-state index in [1.165, 1.54) is 0 Å². The molecule has 2 aromatic rings. The molecule has 6 heteroatoms. The molecule has 116 valence electrons. The van der Waals surface area contributed by atoms with E-state index in [1.54, 1.807) is 18.3 Å². The molecule has 0 aliphatic carbocycles. The molecule has 6 nitrogen and oxygen atoms in total. The Labute approximate surface area is 129 Å². The topological polar surface area (TPSA) is 110 Å². The van der Waals surface area contributed by atoms with Crippen LogP contribution in [0.5, 0.6) is 0 Å². The Bertz CT molecular complexity index is 679. The molecule has 1 aliphatic heterocycles. The molecule has 1 atom stereocenters. The van der Waals surface area contributed by atoms with E-state index in [0.717, 1.165) is 55.0 Å². The van der Waals surface area contributed by atoms with Crippen LogP contribution in [0.3, 0.4) is 0 Å². The van der Waals surface area contributed by atoms with Crippen molar-refractivity contribution in [2.45, 2.75) is 31.7 Å². The normalized spacial score (nSPS) is 18.5. The fourth-order valence-electron chi connectivity index (χ4n) is 2.77. The fraction of sp³-hybridized carbons (Fsp3) is 0.375. The summed E-state index contributed by atoms with van der Waals surface area (Å²) in [6.07, 6.45) is 5.97. The molecule has 1 aliphatic rings. The number of nitrogens with two attached hydrogens (primary N) is 2. The molecular weight excluding hydrogens is 278 g/mol. The van der Waals surface area contributed by atoms with Crippen LogP contribution in [0.1, 0.15) is 47.9 Å². The summed E-state index contributed by atoms with van der Waals surface area (Å²) >= 11 is 0. The molecule has 3 rings (SSSR count). The van der Waals surface area contributed by atoms with Gasteiger partial charge in [-0.15, -0.1) is 0 Å². The van der Waals surface area contributed by atoms with E-state index in [2.05, 4.69) is 15.3 Å². The van der Waals surface area contributed by atoms with Crippen molar-refractivity contribution < 1.29 is 4.79 Å². The number of aromatic amines is 1. The summed E-state index contributed by atoms with van der Waals surface area (Å²) < 4.78 is 0. The van der Waals surface area contributed by atoms with Crippen LogP contribution in [0.2, 0.25) is 0 Å². The molecular formula is C16H21N5O. The predicted molar refractivity (Wildman–Crippen MR) is 86.4 cm³/mol. The van der Waals surface area contributed by atoms with E-state index in [-0.39, 0.29) is 6.04 Å². The number of amides is 1. The van der Waals surface area contributed by atoms with Gasteiger partial charge in [-0.05, 0) is 31.0 Å². The van der Waals surface area contributed by atoms with E-state index >= 15 is 0 Å². The van der Waals surface area contributed by atoms with Crippen LogP contribution >= 0.6 is 0 Å². The molecule has 1 amide bonds. The molecule has 0 saturated carbocycles. The SMILES string of the molecule is NC(=O)c1ccc2c(c1)NCCCCC[C@H](N)c1ncc-2[nH]1. The third-order valence-electron chi connectivity index (χ3n) is 4.05. The van der Waals surface area contributed by atoms with Crippen LogP contribution in [-0.2, 0) is 0 Å². The number of hydrogen-bond acceptors (Lipinski definition) is 4. The first-order chi connectivity index (χ1) is 10.6. The van der Waals surface area contributed by atoms with Gasteiger partial charge in [0.1, 0.15) is 5.82 Å². The number of primary amides is 1. The molecule has 0 radical (unpaired) electrons. The highest BCUT2D eigenvalue weighted by molar-refractivity contribution is 5.95. The van der Waals surface area contributed by atoms with Crippen LogP contribution in [0.15, 0.2) is 24.4 Å². The second kappa shape index (κ2) is 6.19. The lowest BCUT2D eigenvalue weighted by molar-refractivity contribution is 0.100. The Morgan fingerprint density at radius 2 is 2.14 bits per heavy atom. The van der Waals surface area contributed by atoms with Crippen molar-refractivity contribution in [2.75, 3.05) is 11.9 Å². The number of nitrogens with zero attached hydrogens (tertiary/aromatic N) is 1.